The van der Waals surface area contributed by atoms with Crippen LogP contribution in [0.15, 0.2) is 48.8 Å². The minimum absolute atomic E-state index is 0.0445. The molecule has 0 radical (unpaired) electrons. The highest BCUT2D eigenvalue weighted by molar-refractivity contribution is 5.89. The third-order valence-corrected chi connectivity index (χ3v) is 3.25. The topological polar surface area (TPSA) is 54.6 Å². The Hall–Kier alpha value is -2.83. The first-order chi connectivity index (χ1) is 10.4. The fourth-order valence-electron chi connectivity index (χ4n) is 2.26. The van der Waals surface area contributed by atoms with Crippen molar-refractivity contribution in [3.05, 3.63) is 59.9 Å². The highest BCUT2D eigenvalue weighted by Gasteiger charge is 2.34. The van der Waals surface area contributed by atoms with E-state index in [0.717, 1.165) is 6.07 Å². The molecule has 0 atom stereocenters. The molecule has 2 aromatic heterocycles. The summed E-state index contributed by atoms with van der Waals surface area (Å²) in [5.74, 6) is -0.999. The number of hydrogen-bond donors (Lipinski definition) is 1. The number of halogens is 3. The van der Waals surface area contributed by atoms with Gasteiger partial charge >= 0.3 is 12.1 Å². The van der Waals surface area contributed by atoms with E-state index in [2.05, 4.69) is 4.98 Å². The van der Waals surface area contributed by atoms with E-state index in [-0.39, 0.29) is 17.0 Å². The summed E-state index contributed by atoms with van der Waals surface area (Å²) < 4.78 is 40.7. The van der Waals surface area contributed by atoms with Crippen molar-refractivity contribution in [2.24, 2.45) is 0 Å². The van der Waals surface area contributed by atoms with Gasteiger partial charge in [0.05, 0.1) is 22.8 Å². The molecule has 1 aromatic carbocycles. The van der Waals surface area contributed by atoms with Crippen LogP contribution in [0.3, 0.4) is 0 Å². The standard InChI is InChI=1S/C15H9F3N2O2/c16-15(17,18)12-4-2-1-3-11(12)13-19-8-10-7-9(14(21)22)5-6-20(10)13/h1-8H,(H,21,22). The summed E-state index contributed by atoms with van der Waals surface area (Å²) in [6.07, 6.45) is -1.76. The Balaban J connectivity index is 2.22. The maximum atomic E-state index is 13.1. The van der Waals surface area contributed by atoms with E-state index in [4.69, 9.17) is 5.11 Å². The van der Waals surface area contributed by atoms with Crippen LogP contribution >= 0.6 is 0 Å². The highest BCUT2D eigenvalue weighted by atomic mass is 19.4. The molecule has 0 unspecified atom stereocenters. The van der Waals surface area contributed by atoms with Crippen LogP contribution in [0.2, 0.25) is 0 Å². The predicted octanol–water partition coefficient (Wildman–Crippen LogP) is 3.72. The Bertz CT molecular complexity index is 869. The Morgan fingerprint density at radius 2 is 1.91 bits per heavy atom. The fraction of sp³-hybridized carbons (Fsp3) is 0.0667. The van der Waals surface area contributed by atoms with Crippen molar-refractivity contribution in [2.45, 2.75) is 6.18 Å². The summed E-state index contributed by atoms with van der Waals surface area (Å²) in [6.45, 7) is 0. The lowest BCUT2D eigenvalue weighted by molar-refractivity contribution is -0.137. The van der Waals surface area contributed by atoms with Crippen LogP contribution in [0.1, 0.15) is 15.9 Å². The molecule has 7 heteroatoms. The average Bonchev–Trinajstić information content (AvgIpc) is 2.89. The van der Waals surface area contributed by atoms with Crippen molar-refractivity contribution in [1.29, 1.82) is 0 Å². The van der Waals surface area contributed by atoms with Crippen LogP contribution in [0.25, 0.3) is 16.9 Å². The van der Waals surface area contributed by atoms with Crippen molar-refractivity contribution in [1.82, 2.24) is 9.38 Å². The van der Waals surface area contributed by atoms with Crippen molar-refractivity contribution in [2.75, 3.05) is 0 Å². The van der Waals surface area contributed by atoms with Gasteiger partial charge in [0.2, 0.25) is 0 Å². The summed E-state index contributed by atoms with van der Waals surface area (Å²) in [4.78, 5) is 14.9. The summed E-state index contributed by atoms with van der Waals surface area (Å²) >= 11 is 0. The van der Waals surface area contributed by atoms with Gasteiger partial charge in [-0.1, -0.05) is 18.2 Å². The molecule has 0 spiro atoms. The Labute approximate surface area is 122 Å². The zero-order chi connectivity index (χ0) is 15.9. The third-order valence-electron chi connectivity index (χ3n) is 3.25. The quantitative estimate of drug-likeness (QED) is 0.785. The van der Waals surface area contributed by atoms with Gasteiger partial charge in [-0.3, -0.25) is 4.40 Å². The second-order valence-electron chi connectivity index (χ2n) is 4.64. The zero-order valence-electron chi connectivity index (χ0n) is 11.0. The average molecular weight is 306 g/mol. The number of carbonyl (C=O) groups is 1. The predicted molar refractivity (Wildman–Crippen MR) is 72.6 cm³/mol. The summed E-state index contributed by atoms with van der Waals surface area (Å²) in [7, 11) is 0. The van der Waals surface area contributed by atoms with Gasteiger partial charge in [0.1, 0.15) is 5.82 Å². The number of aromatic nitrogens is 2. The minimum Gasteiger partial charge on any atom is -0.478 e. The number of imidazole rings is 1. The number of pyridine rings is 1. The van der Waals surface area contributed by atoms with E-state index in [1.165, 1.54) is 47.1 Å². The van der Waals surface area contributed by atoms with Gasteiger partial charge < -0.3 is 5.11 Å². The van der Waals surface area contributed by atoms with Gasteiger partial charge in [-0.05, 0) is 18.2 Å². The van der Waals surface area contributed by atoms with Gasteiger partial charge in [-0.2, -0.15) is 13.2 Å². The Morgan fingerprint density at radius 1 is 1.18 bits per heavy atom. The molecule has 0 aliphatic heterocycles. The SMILES string of the molecule is O=C(O)c1ccn2c(-c3ccccc3C(F)(F)F)ncc2c1. The summed E-state index contributed by atoms with van der Waals surface area (Å²) in [5, 5.41) is 8.94. The van der Waals surface area contributed by atoms with Gasteiger partial charge in [-0.15, -0.1) is 0 Å². The number of benzene rings is 1. The monoisotopic (exact) mass is 306 g/mol. The molecule has 3 aromatic rings. The number of fused-ring (bicyclic) bond motifs is 1. The summed E-state index contributed by atoms with van der Waals surface area (Å²) in [5.41, 5.74) is -0.391. The number of aromatic carboxylic acids is 1. The molecule has 0 saturated heterocycles. The van der Waals surface area contributed by atoms with Crippen LogP contribution in [0, 0.1) is 0 Å². The molecule has 112 valence electrons. The number of carboxylic acid groups (broad SMARTS) is 1. The number of nitrogens with zero attached hydrogens (tertiary/aromatic N) is 2. The number of hydrogen-bond acceptors (Lipinski definition) is 2. The van der Waals surface area contributed by atoms with Crippen LogP contribution in [-0.2, 0) is 6.18 Å². The van der Waals surface area contributed by atoms with Crippen molar-refractivity contribution >= 4 is 11.5 Å². The molecule has 0 amide bonds. The smallest absolute Gasteiger partial charge is 0.417 e. The first-order valence-corrected chi connectivity index (χ1v) is 6.25. The first-order valence-electron chi connectivity index (χ1n) is 6.25. The maximum absolute atomic E-state index is 13.1. The second kappa shape index (κ2) is 4.87. The molecule has 0 fully saturated rings. The van der Waals surface area contributed by atoms with E-state index in [1.807, 2.05) is 0 Å². The van der Waals surface area contributed by atoms with E-state index in [9.17, 15) is 18.0 Å². The lowest BCUT2D eigenvalue weighted by Crippen LogP contribution is -2.08. The first kappa shape index (κ1) is 14.1. The molecule has 4 nitrogen and oxygen atoms in total. The molecule has 0 aliphatic carbocycles. The highest BCUT2D eigenvalue weighted by Crippen LogP contribution is 2.36. The van der Waals surface area contributed by atoms with Crippen molar-refractivity contribution in [3.8, 4) is 11.4 Å². The molecule has 3 rings (SSSR count). The molecule has 1 N–H and O–H groups in total. The van der Waals surface area contributed by atoms with Crippen molar-refractivity contribution < 1.29 is 23.1 Å². The Kier molecular flexibility index (Phi) is 3.13. The largest absolute Gasteiger partial charge is 0.478 e. The van der Waals surface area contributed by atoms with E-state index >= 15 is 0 Å². The maximum Gasteiger partial charge on any atom is 0.417 e. The van der Waals surface area contributed by atoms with Gasteiger partial charge in [0.25, 0.3) is 0 Å². The molecule has 22 heavy (non-hydrogen) atoms. The van der Waals surface area contributed by atoms with Crippen LogP contribution in [-0.4, -0.2) is 20.5 Å². The number of carboxylic acids is 1. The third kappa shape index (κ3) is 2.30. The molecule has 0 saturated carbocycles. The zero-order valence-corrected chi connectivity index (χ0v) is 11.0. The van der Waals surface area contributed by atoms with E-state index < -0.39 is 17.7 Å². The fourth-order valence-corrected chi connectivity index (χ4v) is 2.26. The number of alkyl halides is 3. The summed E-state index contributed by atoms with van der Waals surface area (Å²) in [6, 6.07) is 7.80. The molecular formula is C15H9F3N2O2. The van der Waals surface area contributed by atoms with Gasteiger partial charge in [0.15, 0.2) is 0 Å². The van der Waals surface area contributed by atoms with Crippen LogP contribution < -0.4 is 0 Å². The normalized spacial score (nSPS) is 11.8. The Morgan fingerprint density at radius 3 is 2.59 bits per heavy atom. The lowest BCUT2D eigenvalue weighted by atomic mass is 10.1. The van der Waals surface area contributed by atoms with Crippen LogP contribution in [0.5, 0.6) is 0 Å². The van der Waals surface area contributed by atoms with E-state index in [1.54, 1.807) is 0 Å². The lowest BCUT2D eigenvalue weighted by Gasteiger charge is -2.11. The van der Waals surface area contributed by atoms with E-state index in [0.29, 0.717) is 5.52 Å². The van der Waals surface area contributed by atoms with Crippen LogP contribution in [0.4, 0.5) is 13.2 Å². The molecule has 0 aliphatic rings. The molecule has 2 heterocycles. The molecular weight excluding hydrogens is 297 g/mol. The number of rotatable bonds is 2. The minimum atomic E-state index is -4.50. The second-order valence-corrected chi connectivity index (χ2v) is 4.64. The van der Waals surface area contributed by atoms with Gasteiger partial charge in [0, 0.05) is 11.8 Å². The molecule has 0 bridgehead atoms. The van der Waals surface area contributed by atoms with Crippen molar-refractivity contribution in [3.63, 3.8) is 0 Å². The van der Waals surface area contributed by atoms with Gasteiger partial charge in [-0.25, -0.2) is 9.78 Å².